The van der Waals surface area contributed by atoms with Gasteiger partial charge in [0, 0.05) is 36.3 Å². The number of rotatable bonds is 4. The molecule has 5 nitrogen and oxygen atoms in total. The summed E-state index contributed by atoms with van der Waals surface area (Å²) in [6, 6.07) is 13.4. The normalized spacial score (nSPS) is 18.5. The van der Waals surface area contributed by atoms with Crippen LogP contribution in [-0.2, 0) is 4.79 Å². The van der Waals surface area contributed by atoms with Gasteiger partial charge in [-0.25, -0.2) is 0 Å². The SMILES string of the molecule is Cc1ccc(NC(=O)C2CCN(C3CCN(C(=O)c4ccc(Cl)c(Cl)c4)CC3)CC2)cc1. The molecule has 0 radical (unpaired) electrons. The van der Waals surface area contributed by atoms with Crippen LogP contribution >= 0.6 is 23.2 Å². The molecule has 0 aromatic heterocycles. The number of nitrogens with zero attached hydrogens (tertiary/aromatic N) is 2. The molecule has 7 heteroatoms. The summed E-state index contributed by atoms with van der Waals surface area (Å²) in [7, 11) is 0. The molecule has 2 saturated heterocycles. The number of benzene rings is 2. The van der Waals surface area contributed by atoms with E-state index in [-0.39, 0.29) is 17.7 Å². The predicted molar refractivity (Wildman–Crippen MR) is 129 cm³/mol. The molecule has 0 aliphatic carbocycles. The molecular weight excluding hydrogens is 445 g/mol. The van der Waals surface area contributed by atoms with Crippen LogP contribution in [0, 0.1) is 12.8 Å². The first kappa shape index (κ1) is 23.1. The van der Waals surface area contributed by atoms with Crippen LogP contribution in [0.15, 0.2) is 42.5 Å². The summed E-state index contributed by atoms with van der Waals surface area (Å²) in [6.07, 6.45) is 3.65. The maximum Gasteiger partial charge on any atom is 0.253 e. The average molecular weight is 474 g/mol. The Kier molecular flexibility index (Phi) is 7.39. The van der Waals surface area contributed by atoms with Gasteiger partial charge in [-0.15, -0.1) is 0 Å². The van der Waals surface area contributed by atoms with Crippen LogP contribution in [0.1, 0.15) is 41.6 Å². The molecule has 2 fully saturated rings. The first-order valence-electron chi connectivity index (χ1n) is 11.3. The van der Waals surface area contributed by atoms with Gasteiger partial charge in [-0.2, -0.15) is 0 Å². The maximum atomic E-state index is 12.8. The molecule has 4 rings (SSSR count). The van der Waals surface area contributed by atoms with Crippen LogP contribution < -0.4 is 5.32 Å². The number of aryl methyl sites for hydroxylation is 1. The van der Waals surface area contributed by atoms with Gasteiger partial charge in [0.2, 0.25) is 5.91 Å². The number of hydrogen-bond donors (Lipinski definition) is 1. The summed E-state index contributed by atoms with van der Waals surface area (Å²) >= 11 is 12.0. The van der Waals surface area contributed by atoms with E-state index in [0.717, 1.165) is 57.5 Å². The zero-order valence-corrected chi connectivity index (χ0v) is 19.8. The molecule has 0 saturated carbocycles. The number of likely N-dealkylation sites (tertiary alicyclic amines) is 2. The van der Waals surface area contributed by atoms with Crippen LogP contribution in [0.2, 0.25) is 10.0 Å². The fraction of sp³-hybridized carbons (Fsp3) is 0.440. The van der Waals surface area contributed by atoms with E-state index in [4.69, 9.17) is 23.2 Å². The van der Waals surface area contributed by atoms with E-state index in [1.54, 1.807) is 18.2 Å². The number of anilines is 1. The van der Waals surface area contributed by atoms with Crippen LogP contribution in [0.3, 0.4) is 0 Å². The van der Waals surface area contributed by atoms with E-state index in [1.807, 2.05) is 36.1 Å². The second-order valence-electron chi connectivity index (χ2n) is 8.82. The molecule has 2 aliphatic rings. The molecule has 0 spiro atoms. The number of carbonyl (C=O) groups is 2. The van der Waals surface area contributed by atoms with E-state index >= 15 is 0 Å². The van der Waals surface area contributed by atoms with Gasteiger partial charge in [-0.3, -0.25) is 9.59 Å². The third-order valence-corrected chi connectivity index (χ3v) is 7.39. The topological polar surface area (TPSA) is 52.7 Å². The Labute approximate surface area is 199 Å². The zero-order chi connectivity index (χ0) is 22.7. The summed E-state index contributed by atoms with van der Waals surface area (Å²) in [5.74, 6) is 0.188. The number of hydrogen-bond acceptors (Lipinski definition) is 3. The molecule has 2 heterocycles. The van der Waals surface area contributed by atoms with Crippen LogP contribution in [0.5, 0.6) is 0 Å². The average Bonchev–Trinajstić information content (AvgIpc) is 2.82. The Balaban J connectivity index is 1.24. The smallest absolute Gasteiger partial charge is 0.253 e. The van der Waals surface area contributed by atoms with Crippen molar-refractivity contribution in [3.05, 3.63) is 63.6 Å². The molecule has 2 aliphatic heterocycles. The lowest BCUT2D eigenvalue weighted by atomic mass is 9.92. The summed E-state index contributed by atoms with van der Waals surface area (Å²) in [5.41, 5.74) is 2.63. The van der Waals surface area contributed by atoms with Crippen molar-refractivity contribution in [1.82, 2.24) is 9.80 Å². The van der Waals surface area contributed by atoms with E-state index in [0.29, 0.717) is 21.7 Å². The van der Waals surface area contributed by atoms with Crippen molar-refractivity contribution >= 4 is 40.7 Å². The van der Waals surface area contributed by atoms with Gasteiger partial charge in [-0.05, 0) is 76.0 Å². The van der Waals surface area contributed by atoms with Crippen molar-refractivity contribution in [2.45, 2.75) is 38.6 Å². The number of amides is 2. The van der Waals surface area contributed by atoms with Crippen molar-refractivity contribution in [2.24, 2.45) is 5.92 Å². The van der Waals surface area contributed by atoms with E-state index in [9.17, 15) is 9.59 Å². The minimum absolute atomic E-state index is 0.00787. The lowest BCUT2D eigenvalue weighted by Gasteiger charge is -2.41. The van der Waals surface area contributed by atoms with E-state index in [1.165, 1.54) is 5.56 Å². The van der Waals surface area contributed by atoms with Crippen LogP contribution in [0.4, 0.5) is 5.69 Å². The molecule has 0 atom stereocenters. The maximum absolute atomic E-state index is 12.8. The monoisotopic (exact) mass is 473 g/mol. The van der Waals surface area contributed by atoms with Crippen LogP contribution in [-0.4, -0.2) is 53.8 Å². The predicted octanol–water partition coefficient (Wildman–Crippen LogP) is 5.26. The van der Waals surface area contributed by atoms with Crippen molar-refractivity contribution in [3.8, 4) is 0 Å². The van der Waals surface area contributed by atoms with Gasteiger partial charge in [0.15, 0.2) is 0 Å². The second-order valence-corrected chi connectivity index (χ2v) is 9.63. The van der Waals surface area contributed by atoms with Crippen LogP contribution in [0.25, 0.3) is 0 Å². The summed E-state index contributed by atoms with van der Waals surface area (Å²) in [4.78, 5) is 29.8. The Bertz CT molecular complexity index is 964. The van der Waals surface area contributed by atoms with Crippen molar-refractivity contribution < 1.29 is 9.59 Å². The fourth-order valence-electron chi connectivity index (χ4n) is 4.65. The summed E-state index contributed by atoms with van der Waals surface area (Å²) in [5, 5.41) is 3.92. The molecule has 2 aromatic carbocycles. The Morgan fingerprint density at radius 3 is 2.16 bits per heavy atom. The zero-order valence-electron chi connectivity index (χ0n) is 18.3. The highest BCUT2D eigenvalue weighted by molar-refractivity contribution is 6.42. The van der Waals surface area contributed by atoms with Gasteiger partial charge < -0.3 is 15.1 Å². The van der Waals surface area contributed by atoms with Crippen molar-refractivity contribution in [1.29, 1.82) is 0 Å². The van der Waals surface area contributed by atoms with E-state index < -0.39 is 0 Å². The second kappa shape index (κ2) is 10.2. The lowest BCUT2D eigenvalue weighted by Crippen LogP contribution is -2.49. The number of piperidine rings is 2. The molecule has 0 bridgehead atoms. The summed E-state index contributed by atoms with van der Waals surface area (Å²) < 4.78 is 0. The minimum Gasteiger partial charge on any atom is -0.339 e. The van der Waals surface area contributed by atoms with E-state index in [2.05, 4.69) is 10.2 Å². The Morgan fingerprint density at radius 2 is 1.53 bits per heavy atom. The number of halogens is 2. The molecule has 0 unspecified atom stereocenters. The molecule has 2 amide bonds. The fourth-order valence-corrected chi connectivity index (χ4v) is 4.95. The molecule has 32 heavy (non-hydrogen) atoms. The quantitative estimate of drug-likeness (QED) is 0.658. The highest BCUT2D eigenvalue weighted by Crippen LogP contribution is 2.27. The van der Waals surface area contributed by atoms with Crippen molar-refractivity contribution in [3.63, 3.8) is 0 Å². The molecule has 170 valence electrons. The first-order chi connectivity index (χ1) is 15.4. The number of nitrogens with one attached hydrogen (secondary N) is 1. The molecule has 1 N–H and O–H groups in total. The lowest BCUT2D eigenvalue weighted by molar-refractivity contribution is -0.121. The van der Waals surface area contributed by atoms with Gasteiger partial charge in [-0.1, -0.05) is 40.9 Å². The minimum atomic E-state index is 0.00787. The Morgan fingerprint density at radius 1 is 0.875 bits per heavy atom. The highest BCUT2D eigenvalue weighted by Gasteiger charge is 2.32. The highest BCUT2D eigenvalue weighted by atomic mass is 35.5. The van der Waals surface area contributed by atoms with Gasteiger partial charge in [0.1, 0.15) is 0 Å². The summed E-state index contributed by atoms with van der Waals surface area (Å²) in [6.45, 7) is 5.36. The van der Waals surface area contributed by atoms with Gasteiger partial charge >= 0.3 is 0 Å². The van der Waals surface area contributed by atoms with Gasteiger partial charge in [0.05, 0.1) is 10.0 Å². The number of carbonyl (C=O) groups excluding carboxylic acids is 2. The van der Waals surface area contributed by atoms with Crippen molar-refractivity contribution in [2.75, 3.05) is 31.5 Å². The first-order valence-corrected chi connectivity index (χ1v) is 12.0. The molecular formula is C25H29Cl2N3O2. The standard InChI is InChI=1S/C25H29Cl2N3O2/c1-17-2-5-20(6-3-17)28-24(31)18-8-12-29(13-9-18)21-10-14-30(15-11-21)25(32)19-4-7-22(26)23(27)16-19/h2-7,16,18,21H,8-15H2,1H3,(H,28,31). The van der Waals surface area contributed by atoms with Gasteiger partial charge in [0.25, 0.3) is 5.91 Å². The Hall–Kier alpha value is -2.08. The third kappa shape index (κ3) is 5.45. The largest absolute Gasteiger partial charge is 0.339 e. The third-order valence-electron chi connectivity index (χ3n) is 6.65. The molecule has 2 aromatic rings.